The van der Waals surface area contributed by atoms with Crippen molar-refractivity contribution in [3.63, 3.8) is 0 Å². The molecule has 0 bridgehead atoms. The molecule has 0 saturated heterocycles. The van der Waals surface area contributed by atoms with Crippen LogP contribution in [-0.2, 0) is 16.5 Å². The molecule has 0 aliphatic rings. The molecule has 0 amide bonds. The zero-order chi connectivity index (χ0) is 29.4. The summed E-state index contributed by atoms with van der Waals surface area (Å²) >= 11 is -0.111. The van der Waals surface area contributed by atoms with Crippen LogP contribution in [0.5, 0.6) is 5.75 Å². The average Bonchev–Trinajstić information content (AvgIpc) is 2.92. The van der Waals surface area contributed by atoms with Crippen LogP contribution in [0.4, 0.5) is 0 Å². The molecular formula is C33H45IO4SSi. The van der Waals surface area contributed by atoms with Gasteiger partial charge in [-0.1, -0.05) is 108 Å². The van der Waals surface area contributed by atoms with Gasteiger partial charge in [0.05, 0.1) is 12.0 Å². The number of rotatable bonds is 15. The van der Waals surface area contributed by atoms with Gasteiger partial charge in [0.1, 0.15) is 15.9 Å². The molecular weight excluding hydrogens is 647 g/mol. The maximum atomic E-state index is 10.4. The van der Waals surface area contributed by atoms with Crippen LogP contribution in [0.25, 0.3) is 0 Å². The van der Waals surface area contributed by atoms with Gasteiger partial charge in [-0.3, -0.25) is 0 Å². The maximum absolute atomic E-state index is 10.4. The van der Waals surface area contributed by atoms with E-state index in [0.717, 1.165) is 27.3 Å². The molecule has 3 aromatic rings. The minimum atomic E-state index is -4.27. The van der Waals surface area contributed by atoms with Gasteiger partial charge in [-0.05, 0) is 66.4 Å². The van der Waals surface area contributed by atoms with E-state index in [1.54, 1.807) is 19.2 Å². The Hall–Kier alpha value is -1.68. The van der Waals surface area contributed by atoms with Crippen LogP contribution in [-0.4, -0.2) is 29.6 Å². The van der Waals surface area contributed by atoms with E-state index in [0.29, 0.717) is 5.04 Å². The van der Waals surface area contributed by atoms with Crippen molar-refractivity contribution in [2.24, 2.45) is 0 Å². The van der Waals surface area contributed by atoms with E-state index < -0.39 is 10.1 Å². The lowest BCUT2D eigenvalue weighted by Crippen LogP contribution is -3.61. The van der Waals surface area contributed by atoms with E-state index >= 15 is 0 Å². The van der Waals surface area contributed by atoms with Crippen molar-refractivity contribution in [2.75, 3.05) is 7.11 Å². The summed E-state index contributed by atoms with van der Waals surface area (Å²) in [6.07, 6.45) is 10.7. The third kappa shape index (κ3) is 13.8. The lowest BCUT2D eigenvalue weighted by Gasteiger charge is -2.23. The van der Waals surface area contributed by atoms with Gasteiger partial charge in [-0.25, -0.2) is 8.42 Å². The summed E-state index contributed by atoms with van der Waals surface area (Å²) in [5, 5.41) is 0.511. The summed E-state index contributed by atoms with van der Waals surface area (Å²) in [6, 6.07) is 24.8. The normalized spacial score (nSPS) is 11.6. The number of aryl methyl sites for hydroxylation is 2. The molecule has 3 rings (SSSR count). The second kappa shape index (κ2) is 18.0. The van der Waals surface area contributed by atoms with E-state index in [-0.39, 0.29) is 26.1 Å². The monoisotopic (exact) mass is 692 g/mol. The number of unbranched alkanes of at least 4 members (excludes halogenated alkanes) is 4. The van der Waals surface area contributed by atoms with Crippen molar-refractivity contribution in [2.45, 2.75) is 95.0 Å². The molecule has 0 atom stereocenters. The smallest absolute Gasteiger partial charge is 0.357 e. The molecule has 0 aromatic heterocycles. The highest BCUT2D eigenvalue weighted by Gasteiger charge is 2.19. The number of ether oxygens (including phenoxy) is 1. The Morgan fingerprint density at radius 3 is 2.17 bits per heavy atom. The molecule has 0 saturated carbocycles. The van der Waals surface area contributed by atoms with Crippen molar-refractivity contribution in [1.29, 1.82) is 0 Å². The number of methoxy groups -OCH3 is 1. The van der Waals surface area contributed by atoms with Crippen LogP contribution >= 0.6 is 0 Å². The number of halogens is 1. The molecule has 0 aliphatic heterocycles. The fourth-order valence-corrected chi connectivity index (χ4v) is 8.51. The highest BCUT2D eigenvalue weighted by Crippen LogP contribution is 2.32. The van der Waals surface area contributed by atoms with Crippen molar-refractivity contribution in [3.05, 3.63) is 91.1 Å². The van der Waals surface area contributed by atoms with Crippen molar-refractivity contribution in [1.82, 2.24) is 0 Å². The Morgan fingerprint density at radius 1 is 0.875 bits per heavy atom. The van der Waals surface area contributed by atoms with E-state index in [9.17, 15) is 13.0 Å². The highest BCUT2D eigenvalue weighted by molar-refractivity contribution is 7.85. The molecule has 2 radical (unpaired) electrons. The number of hydrogen-bond acceptors (Lipinski definition) is 4. The molecule has 40 heavy (non-hydrogen) atoms. The second-order valence-corrected chi connectivity index (χ2v) is 17.3. The SMILES string of the molecule is CCCCCCCC(C)(C)[Si]CCCc1cc([I+]c2ccccc2)ccc1OC.Cc1ccc(S(=O)(=O)[O-])cc1. The van der Waals surface area contributed by atoms with Crippen molar-refractivity contribution < 1.29 is 38.9 Å². The third-order valence-corrected chi connectivity index (χ3v) is 11.9. The van der Waals surface area contributed by atoms with Crippen LogP contribution < -0.4 is 25.9 Å². The summed E-state index contributed by atoms with van der Waals surface area (Å²) in [5.74, 6) is 1.06. The Morgan fingerprint density at radius 2 is 1.55 bits per heavy atom. The van der Waals surface area contributed by atoms with Crippen LogP contribution in [0.2, 0.25) is 11.1 Å². The van der Waals surface area contributed by atoms with E-state index in [4.69, 9.17) is 4.74 Å². The summed E-state index contributed by atoms with van der Waals surface area (Å²) in [4.78, 5) is -0.178. The van der Waals surface area contributed by atoms with E-state index in [1.807, 2.05) is 6.92 Å². The molecule has 0 spiro atoms. The van der Waals surface area contributed by atoms with Gasteiger partial charge in [-0.15, -0.1) is 0 Å². The summed E-state index contributed by atoms with van der Waals surface area (Å²) in [5.41, 5.74) is 2.32. The van der Waals surface area contributed by atoms with Gasteiger partial charge in [0.25, 0.3) is 0 Å². The Balaban J connectivity index is 0.000000425. The van der Waals surface area contributed by atoms with E-state index in [1.165, 1.54) is 75.8 Å². The molecule has 0 fully saturated rings. The van der Waals surface area contributed by atoms with E-state index in [2.05, 4.69) is 69.3 Å². The molecule has 218 valence electrons. The standard InChI is InChI=1S/C26H38IOSi.C7H8O3S/c1-5-6-7-8-12-19-26(2,3)29-20-13-14-22-21-24(17-18-25(22)28-4)27-23-15-10-9-11-16-23;1-6-2-4-7(5-3-6)11(8,9)10/h9-11,15-18,21H,5-8,12-14,19-20H2,1-4H3;2-5H,1H3,(H,8,9,10)/q+1;/p-1. The van der Waals surface area contributed by atoms with Gasteiger partial charge in [0.2, 0.25) is 0 Å². The summed E-state index contributed by atoms with van der Waals surface area (Å²) in [6.45, 7) is 9.05. The lowest BCUT2D eigenvalue weighted by atomic mass is 10.0. The Bertz CT molecular complexity index is 1230. The van der Waals surface area contributed by atoms with Gasteiger partial charge in [-0.2, -0.15) is 0 Å². The Labute approximate surface area is 256 Å². The topological polar surface area (TPSA) is 66.4 Å². The first-order valence-corrected chi connectivity index (χ1v) is 19.0. The lowest BCUT2D eigenvalue weighted by molar-refractivity contribution is -0.597. The molecule has 0 aliphatic carbocycles. The predicted molar refractivity (Wildman–Crippen MR) is 162 cm³/mol. The van der Waals surface area contributed by atoms with Gasteiger partial charge in [0.15, 0.2) is 7.14 Å². The number of hydrogen-bond donors (Lipinski definition) is 0. The Kier molecular flexibility index (Phi) is 15.5. The first-order valence-electron chi connectivity index (χ1n) is 14.2. The summed E-state index contributed by atoms with van der Waals surface area (Å²) < 4.78 is 39.8. The van der Waals surface area contributed by atoms with Crippen LogP contribution in [0.1, 0.15) is 76.8 Å². The second-order valence-electron chi connectivity index (χ2n) is 10.7. The zero-order valence-electron chi connectivity index (χ0n) is 24.7. The average molecular weight is 693 g/mol. The zero-order valence-corrected chi connectivity index (χ0v) is 28.7. The molecule has 0 unspecified atom stereocenters. The van der Waals surface area contributed by atoms with Gasteiger partial charge < -0.3 is 9.29 Å². The fraction of sp³-hybridized carbons (Fsp3) is 0.455. The molecule has 3 aromatic carbocycles. The molecule has 4 nitrogen and oxygen atoms in total. The van der Waals surface area contributed by atoms with Gasteiger partial charge in [0, 0.05) is 9.52 Å². The molecule has 0 N–H and O–H groups in total. The van der Waals surface area contributed by atoms with Crippen LogP contribution in [0.15, 0.2) is 77.7 Å². The van der Waals surface area contributed by atoms with Crippen molar-refractivity contribution in [3.8, 4) is 5.75 Å². The molecule has 7 heteroatoms. The van der Waals surface area contributed by atoms with Gasteiger partial charge >= 0.3 is 21.2 Å². The summed E-state index contributed by atoms with van der Waals surface area (Å²) in [7, 11) is -1.41. The first kappa shape index (κ1) is 34.5. The van der Waals surface area contributed by atoms with Crippen molar-refractivity contribution >= 4 is 19.6 Å². The minimum absolute atomic E-state index is 0.111. The quantitative estimate of drug-likeness (QED) is 0.0935. The highest BCUT2D eigenvalue weighted by atomic mass is 127. The minimum Gasteiger partial charge on any atom is -0.744 e. The first-order chi connectivity index (χ1) is 19.0. The number of benzene rings is 3. The van der Waals surface area contributed by atoms with Crippen LogP contribution in [0, 0.1) is 14.1 Å². The van der Waals surface area contributed by atoms with Crippen LogP contribution in [0.3, 0.4) is 0 Å². The predicted octanol–water partition coefficient (Wildman–Crippen LogP) is 5.34. The third-order valence-electron chi connectivity index (χ3n) is 6.64. The maximum Gasteiger partial charge on any atom is 0.357 e. The fourth-order valence-electron chi connectivity index (χ4n) is 4.27. The molecule has 0 heterocycles. The largest absolute Gasteiger partial charge is 0.744 e.